The summed E-state index contributed by atoms with van der Waals surface area (Å²) in [6.07, 6.45) is 4.71. The summed E-state index contributed by atoms with van der Waals surface area (Å²) in [5.41, 5.74) is 0. The molecule has 0 rings (SSSR count). The molecule has 0 saturated heterocycles. The second kappa shape index (κ2) is 10.9. The highest BCUT2D eigenvalue weighted by Gasteiger charge is 1.89. The van der Waals surface area contributed by atoms with Gasteiger partial charge in [0.15, 0.2) is 0 Å². The number of unbranched alkanes of at least 4 members (excludes halogenated alkanes) is 3. The van der Waals surface area contributed by atoms with Gasteiger partial charge in [0.05, 0.1) is 0 Å². The standard InChI is InChI=1S/C9H20O3/c10-6-2-1-4-8-12-9-5-3-7-11/h10-11H,1-9H2. The van der Waals surface area contributed by atoms with Crippen LogP contribution in [-0.4, -0.2) is 36.6 Å². The Labute approximate surface area is 74.4 Å². The number of aliphatic hydroxyl groups is 2. The molecule has 0 atom stereocenters. The highest BCUT2D eigenvalue weighted by atomic mass is 16.5. The fourth-order valence-corrected chi connectivity index (χ4v) is 0.911. The quantitative estimate of drug-likeness (QED) is 0.514. The van der Waals surface area contributed by atoms with Crippen LogP contribution in [0.1, 0.15) is 32.1 Å². The second-order valence-corrected chi connectivity index (χ2v) is 2.83. The first kappa shape index (κ1) is 11.9. The van der Waals surface area contributed by atoms with E-state index in [2.05, 4.69) is 0 Å². The van der Waals surface area contributed by atoms with Crippen LogP contribution in [0.4, 0.5) is 0 Å². The first-order valence-corrected chi connectivity index (χ1v) is 4.71. The molecule has 0 saturated carbocycles. The average molecular weight is 176 g/mol. The van der Waals surface area contributed by atoms with Gasteiger partial charge in [-0.15, -0.1) is 0 Å². The molecule has 0 spiro atoms. The molecule has 0 unspecified atom stereocenters. The average Bonchev–Trinajstić information content (AvgIpc) is 2.10. The van der Waals surface area contributed by atoms with Crippen molar-refractivity contribution in [1.82, 2.24) is 0 Å². The van der Waals surface area contributed by atoms with E-state index in [1.807, 2.05) is 0 Å². The van der Waals surface area contributed by atoms with Crippen LogP contribution < -0.4 is 0 Å². The lowest BCUT2D eigenvalue weighted by Crippen LogP contribution is -1.98. The fourth-order valence-electron chi connectivity index (χ4n) is 0.911. The summed E-state index contributed by atoms with van der Waals surface area (Å²) in [6, 6.07) is 0. The van der Waals surface area contributed by atoms with Crippen LogP contribution in [0.5, 0.6) is 0 Å². The van der Waals surface area contributed by atoms with E-state index in [1.54, 1.807) is 0 Å². The smallest absolute Gasteiger partial charge is 0.0466 e. The van der Waals surface area contributed by atoms with Gasteiger partial charge in [0.2, 0.25) is 0 Å². The third-order valence-electron chi connectivity index (χ3n) is 1.64. The number of hydrogen-bond acceptors (Lipinski definition) is 3. The number of aliphatic hydroxyl groups excluding tert-OH is 2. The van der Waals surface area contributed by atoms with Crippen molar-refractivity contribution in [1.29, 1.82) is 0 Å². The zero-order valence-corrected chi connectivity index (χ0v) is 7.67. The van der Waals surface area contributed by atoms with Crippen LogP contribution in [0.15, 0.2) is 0 Å². The lowest BCUT2D eigenvalue weighted by molar-refractivity contribution is 0.120. The van der Waals surface area contributed by atoms with Gasteiger partial charge in [-0.1, -0.05) is 0 Å². The van der Waals surface area contributed by atoms with E-state index >= 15 is 0 Å². The van der Waals surface area contributed by atoms with Gasteiger partial charge in [-0.25, -0.2) is 0 Å². The normalized spacial score (nSPS) is 10.5. The summed E-state index contributed by atoms with van der Waals surface area (Å²) >= 11 is 0. The maximum atomic E-state index is 8.47. The van der Waals surface area contributed by atoms with Crippen LogP contribution >= 0.6 is 0 Å². The van der Waals surface area contributed by atoms with Gasteiger partial charge in [-0.3, -0.25) is 0 Å². The van der Waals surface area contributed by atoms with Gasteiger partial charge in [0, 0.05) is 26.4 Å². The Balaban J connectivity index is 2.73. The third-order valence-corrected chi connectivity index (χ3v) is 1.64. The molecule has 0 aromatic rings. The van der Waals surface area contributed by atoms with Gasteiger partial charge >= 0.3 is 0 Å². The maximum Gasteiger partial charge on any atom is 0.0466 e. The van der Waals surface area contributed by atoms with Crippen molar-refractivity contribution in [2.75, 3.05) is 26.4 Å². The molecule has 2 N–H and O–H groups in total. The number of rotatable bonds is 9. The molecule has 3 nitrogen and oxygen atoms in total. The largest absolute Gasteiger partial charge is 0.396 e. The van der Waals surface area contributed by atoms with Gasteiger partial charge in [0.25, 0.3) is 0 Å². The van der Waals surface area contributed by atoms with Crippen LogP contribution in [0.3, 0.4) is 0 Å². The van der Waals surface area contributed by atoms with Crippen molar-refractivity contribution in [3.05, 3.63) is 0 Å². The van der Waals surface area contributed by atoms with E-state index in [-0.39, 0.29) is 13.2 Å². The van der Waals surface area contributed by atoms with Crippen molar-refractivity contribution in [3.8, 4) is 0 Å². The monoisotopic (exact) mass is 176 g/mol. The fraction of sp³-hybridized carbons (Fsp3) is 1.00. The molecule has 12 heavy (non-hydrogen) atoms. The third kappa shape index (κ3) is 9.88. The molecule has 0 fully saturated rings. The van der Waals surface area contributed by atoms with Crippen LogP contribution in [0, 0.1) is 0 Å². The zero-order valence-electron chi connectivity index (χ0n) is 7.67. The topological polar surface area (TPSA) is 49.7 Å². The Morgan fingerprint density at radius 3 is 1.75 bits per heavy atom. The molecule has 0 aliphatic rings. The van der Waals surface area contributed by atoms with Crippen molar-refractivity contribution in [2.45, 2.75) is 32.1 Å². The summed E-state index contributed by atoms with van der Waals surface area (Å²) in [4.78, 5) is 0. The lowest BCUT2D eigenvalue weighted by atomic mass is 10.2. The molecule has 0 aromatic heterocycles. The highest BCUT2D eigenvalue weighted by Crippen LogP contribution is 1.96. The highest BCUT2D eigenvalue weighted by molar-refractivity contribution is 4.40. The van der Waals surface area contributed by atoms with Gasteiger partial charge in [-0.05, 0) is 32.1 Å². The van der Waals surface area contributed by atoms with Crippen molar-refractivity contribution < 1.29 is 14.9 Å². The van der Waals surface area contributed by atoms with Crippen molar-refractivity contribution in [3.63, 3.8) is 0 Å². The number of hydrogen-bond donors (Lipinski definition) is 2. The van der Waals surface area contributed by atoms with Crippen LogP contribution in [0.25, 0.3) is 0 Å². The molecule has 74 valence electrons. The maximum absolute atomic E-state index is 8.47. The SMILES string of the molecule is OCCCCCOCCCCO. The molecular formula is C9H20O3. The molecule has 0 aliphatic carbocycles. The van der Waals surface area contributed by atoms with Gasteiger partial charge in [-0.2, -0.15) is 0 Å². The predicted molar refractivity (Wildman–Crippen MR) is 48.1 cm³/mol. The van der Waals surface area contributed by atoms with E-state index in [0.717, 1.165) is 45.3 Å². The summed E-state index contributed by atoms with van der Waals surface area (Å²) in [5.74, 6) is 0. The molecule has 0 heterocycles. The van der Waals surface area contributed by atoms with Gasteiger partial charge < -0.3 is 14.9 Å². The Hall–Kier alpha value is -0.120. The lowest BCUT2D eigenvalue weighted by Gasteiger charge is -2.02. The Morgan fingerprint density at radius 2 is 1.17 bits per heavy atom. The summed E-state index contributed by atoms with van der Waals surface area (Å²) in [5, 5.41) is 16.9. The van der Waals surface area contributed by atoms with Crippen molar-refractivity contribution in [2.24, 2.45) is 0 Å². The van der Waals surface area contributed by atoms with E-state index in [4.69, 9.17) is 14.9 Å². The Kier molecular flexibility index (Phi) is 10.8. The summed E-state index contributed by atoms with van der Waals surface area (Å²) in [6.45, 7) is 2.07. The Morgan fingerprint density at radius 1 is 0.667 bits per heavy atom. The molecule has 0 radical (unpaired) electrons. The van der Waals surface area contributed by atoms with Gasteiger partial charge in [0.1, 0.15) is 0 Å². The summed E-state index contributed by atoms with van der Waals surface area (Å²) in [7, 11) is 0. The minimum absolute atomic E-state index is 0.258. The Bertz CT molecular complexity index is 66.2. The first-order valence-electron chi connectivity index (χ1n) is 4.71. The van der Waals surface area contributed by atoms with E-state index < -0.39 is 0 Å². The second-order valence-electron chi connectivity index (χ2n) is 2.83. The number of ether oxygens (including phenoxy) is 1. The van der Waals surface area contributed by atoms with Crippen molar-refractivity contribution >= 4 is 0 Å². The van der Waals surface area contributed by atoms with E-state index in [9.17, 15) is 0 Å². The molecule has 0 bridgehead atoms. The minimum atomic E-state index is 0.258. The molecular weight excluding hydrogens is 156 g/mol. The summed E-state index contributed by atoms with van der Waals surface area (Å²) < 4.78 is 5.29. The van der Waals surface area contributed by atoms with E-state index in [0.29, 0.717) is 0 Å². The minimum Gasteiger partial charge on any atom is -0.396 e. The van der Waals surface area contributed by atoms with E-state index in [1.165, 1.54) is 0 Å². The van der Waals surface area contributed by atoms with Crippen LogP contribution in [-0.2, 0) is 4.74 Å². The zero-order chi connectivity index (χ0) is 9.07. The molecule has 3 heteroatoms. The molecule has 0 aromatic carbocycles. The predicted octanol–water partition coefficient (Wildman–Crippen LogP) is 0.938. The first-order chi connectivity index (χ1) is 5.91. The van der Waals surface area contributed by atoms with Crippen LogP contribution in [0.2, 0.25) is 0 Å². The molecule has 0 amide bonds. The molecule has 0 aliphatic heterocycles.